The van der Waals surface area contributed by atoms with Crippen molar-refractivity contribution in [3.63, 3.8) is 0 Å². The van der Waals surface area contributed by atoms with Crippen molar-refractivity contribution >= 4 is 23.3 Å². The van der Waals surface area contributed by atoms with Gasteiger partial charge in [-0.1, -0.05) is 60.7 Å². The maximum Gasteiger partial charge on any atom is 0.307 e. The molecule has 7 nitrogen and oxygen atoms in total. The molecule has 152 valence electrons. The Kier molecular flexibility index (Phi) is 6.89. The fraction of sp³-hybridized carbons (Fsp3) is 0.130. The highest BCUT2D eigenvalue weighted by Gasteiger charge is 2.19. The van der Waals surface area contributed by atoms with Crippen LogP contribution in [0.5, 0.6) is 0 Å². The highest BCUT2D eigenvalue weighted by atomic mass is 16.6. The lowest BCUT2D eigenvalue weighted by Gasteiger charge is -2.17. The Morgan fingerprint density at radius 3 is 1.90 bits per heavy atom. The Hall–Kier alpha value is -4.00. The van der Waals surface area contributed by atoms with E-state index in [1.807, 2.05) is 60.7 Å². The lowest BCUT2D eigenvalue weighted by atomic mass is 9.89. The molecule has 0 radical (unpaired) electrons. The SMILES string of the molecule is O=C(COC(=O)CC(c1ccccc1)c1ccccc1)Nc1ccc([N+](=O)[O-])cc1. The number of benzene rings is 3. The number of hydrogen-bond acceptors (Lipinski definition) is 5. The number of non-ortho nitro benzene ring substituents is 1. The van der Waals surface area contributed by atoms with Crippen LogP contribution in [0.25, 0.3) is 0 Å². The number of carbonyl (C=O) groups is 2. The van der Waals surface area contributed by atoms with Gasteiger partial charge in [-0.15, -0.1) is 0 Å². The largest absolute Gasteiger partial charge is 0.456 e. The Balaban J connectivity index is 1.57. The van der Waals surface area contributed by atoms with Gasteiger partial charge in [0.05, 0.1) is 11.3 Å². The number of ether oxygens (including phenoxy) is 1. The zero-order valence-electron chi connectivity index (χ0n) is 16.1. The first-order valence-corrected chi connectivity index (χ1v) is 9.33. The van der Waals surface area contributed by atoms with Gasteiger partial charge >= 0.3 is 5.97 Å². The molecule has 0 saturated carbocycles. The Bertz CT molecular complexity index is 965. The number of nitro groups is 1. The second kappa shape index (κ2) is 9.97. The van der Waals surface area contributed by atoms with Crippen LogP contribution in [0, 0.1) is 10.1 Å². The van der Waals surface area contributed by atoms with Gasteiger partial charge < -0.3 is 10.1 Å². The minimum Gasteiger partial charge on any atom is -0.456 e. The molecule has 3 rings (SSSR count). The van der Waals surface area contributed by atoms with E-state index >= 15 is 0 Å². The predicted molar refractivity (Wildman–Crippen MR) is 112 cm³/mol. The number of nitro benzene ring substituents is 1. The van der Waals surface area contributed by atoms with Crippen molar-refractivity contribution < 1.29 is 19.2 Å². The molecule has 1 amide bonds. The summed E-state index contributed by atoms with van der Waals surface area (Å²) < 4.78 is 5.15. The first-order valence-electron chi connectivity index (χ1n) is 9.33. The topological polar surface area (TPSA) is 98.5 Å². The lowest BCUT2D eigenvalue weighted by Crippen LogP contribution is -2.22. The van der Waals surface area contributed by atoms with Gasteiger partial charge in [0.2, 0.25) is 0 Å². The van der Waals surface area contributed by atoms with Crippen LogP contribution in [-0.2, 0) is 14.3 Å². The van der Waals surface area contributed by atoms with E-state index in [9.17, 15) is 19.7 Å². The van der Waals surface area contributed by atoms with Crippen LogP contribution in [0.4, 0.5) is 11.4 Å². The molecule has 3 aromatic rings. The predicted octanol–water partition coefficient (Wildman–Crippen LogP) is 4.30. The second-order valence-electron chi connectivity index (χ2n) is 6.59. The normalized spacial score (nSPS) is 10.4. The summed E-state index contributed by atoms with van der Waals surface area (Å²) in [6.45, 7) is -0.438. The molecule has 0 unspecified atom stereocenters. The number of rotatable bonds is 8. The highest BCUT2D eigenvalue weighted by molar-refractivity contribution is 5.92. The van der Waals surface area contributed by atoms with Gasteiger partial charge in [0.25, 0.3) is 11.6 Å². The van der Waals surface area contributed by atoms with Gasteiger partial charge in [-0.25, -0.2) is 0 Å². The zero-order valence-corrected chi connectivity index (χ0v) is 16.1. The van der Waals surface area contributed by atoms with E-state index in [0.717, 1.165) is 11.1 Å². The summed E-state index contributed by atoms with van der Waals surface area (Å²) in [7, 11) is 0. The third-order valence-corrected chi connectivity index (χ3v) is 4.50. The average molecular weight is 404 g/mol. The number of hydrogen-bond donors (Lipinski definition) is 1. The molecule has 0 aliphatic heterocycles. The van der Waals surface area contributed by atoms with Crippen molar-refractivity contribution in [1.82, 2.24) is 0 Å². The molecule has 7 heteroatoms. The first-order chi connectivity index (χ1) is 14.5. The fourth-order valence-electron chi connectivity index (χ4n) is 3.03. The molecule has 30 heavy (non-hydrogen) atoms. The molecule has 0 heterocycles. The van der Waals surface area contributed by atoms with Gasteiger partial charge in [0, 0.05) is 23.7 Å². The fourth-order valence-corrected chi connectivity index (χ4v) is 3.03. The number of esters is 1. The van der Waals surface area contributed by atoms with Crippen LogP contribution < -0.4 is 5.32 Å². The van der Waals surface area contributed by atoms with Crippen LogP contribution in [0.15, 0.2) is 84.9 Å². The van der Waals surface area contributed by atoms with Gasteiger partial charge in [-0.3, -0.25) is 19.7 Å². The van der Waals surface area contributed by atoms with Crippen molar-refractivity contribution in [2.24, 2.45) is 0 Å². The molecule has 0 saturated heterocycles. The molecular formula is C23H20N2O5. The summed E-state index contributed by atoms with van der Waals surface area (Å²) in [6, 6.07) is 24.7. The summed E-state index contributed by atoms with van der Waals surface area (Å²) in [5.41, 5.74) is 2.27. The van der Waals surface area contributed by atoms with Crippen molar-refractivity contribution in [2.45, 2.75) is 12.3 Å². The third-order valence-electron chi connectivity index (χ3n) is 4.50. The maximum absolute atomic E-state index is 12.4. The number of nitrogens with one attached hydrogen (secondary N) is 1. The highest BCUT2D eigenvalue weighted by Crippen LogP contribution is 2.28. The van der Waals surface area contributed by atoms with Crippen molar-refractivity contribution in [1.29, 1.82) is 0 Å². The number of anilines is 1. The summed E-state index contributed by atoms with van der Waals surface area (Å²) in [5.74, 6) is -1.20. The number of amides is 1. The maximum atomic E-state index is 12.4. The van der Waals surface area contributed by atoms with Crippen LogP contribution in [-0.4, -0.2) is 23.4 Å². The van der Waals surface area contributed by atoms with E-state index in [0.29, 0.717) is 5.69 Å². The molecule has 0 spiro atoms. The van der Waals surface area contributed by atoms with Gasteiger partial charge in [-0.05, 0) is 23.3 Å². The number of nitrogens with zero attached hydrogens (tertiary/aromatic N) is 1. The zero-order chi connectivity index (χ0) is 21.3. The Morgan fingerprint density at radius 2 is 1.40 bits per heavy atom. The van der Waals surface area contributed by atoms with E-state index in [1.54, 1.807) is 0 Å². The Morgan fingerprint density at radius 1 is 0.867 bits per heavy atom. The number of carbonyl (C=O) groups excluding carboxylic acids is 2. The summed E-state index contributed by atoms with van der Waals surface area (Å²) >= 11 is 0. The smallest absolute Gasteiger partial charge is 0.307 e. The summed E-state index contributed by atoms with van der Waals surface area (Å²) in [4.78, 5) is 34.6. The van der Waals surface area contributed by atoms with Crippen molar-refractivity contribution in [3.05, 3.63) is 106 Å². The van der Waals surface area contributed by atoms with Crippen molar-refractivity contribution in [3.8, 4) is 0 Å². The molecule has 0 atom stereocenters. The van der Waals surface area contributed by atoms with Gasteiger partial charge in [-0.2, -0.15) is 0 Å². The molecule has 0 bridgehead atoms. The second-order valence-corrected chi connectivity index (χ2v) is 6.59. The van der Waals surface area contributed by atoms with Gasteiger partial charge in [0.1, 0.15) is 0 Å². The monoisotopic (exact) mass is 404 g/mol. The van der Waals surface area contributed by atoms with Gasteiger partial charge in [0.15, 0.2) is 6.61 Å². The lowest BCUT2D eigenvalue weighted by molar-refractivity contribution is -0.384. The molecular weight excluding hydrogens is 384 g/mol. The minimum absolute atomic E-state index is 0.0766. The van der Waals surface area contributed by atoms with E-state index in [-0.39, 0.29) is 18.0 Å². The molecule has 0 fully saturated rings. The molecule has 1 N–H and O–H groups in total. The van der Waals surface area contributed by atoms with E-state index < -0.39 is 23.4 Å². The van der Waals surface area contributed by atoms with Crippen LogP contribution >= 0.6 is 0 Å². The van der Waals surface area contributed by atoms with Crippen LogP contribution in [0.3, 0.4) is 0 Å². The minimum atomic E-state index is -0.525. The van der Waals surface area contributed by atoms with E-state index in [2.05, 4.69) is 5.32 Å². The molecule has 0 aliphatic rings. The first kappa shape index (κ1) is 20.7. The van der Waals surface area contributed by atoms with Crippen molar-refractivity contribution in [2.75, 3.05) is 11.9 Å². The Labute approximate surface area is 173 Å². The summed E-state index contributed by atoms with van der Waals surface area (Å²) in [5, 5.41) is 13.2. The molecule has 0 aliphatic carbocycles. The van der Waals surface area contributed by atoms with E-state index in [1.165, 1.54) is 24.3 Å². The van der Waals surface area contributed by atoms with E-state index in [4.69, 9.17) is 4.74 Å². The van der Waals surface area contributed by atoms with Crippen LogP contribution in [0.2, 0.25) is 0 Å². The average Bonchev–Trinajstić information content (AvgIpc) is 2.77. The molecule has 3 aromatic carbocycles. The quantitative estimate of drug-likeness (QED) is 0.343. The standard InChI is InChI=1S/C23H20N2O5/c26-22(24-19-11-13-20(14-12-19)25(28)29)16-30-23(27)15-21(17-7-3-1-4-8-17)18-9-5-2-6-10-18/h1-14,21H,15-16H2,(H,24,26). The molecule has 0 aromatic heterocycles. The third kappa shape index (κ3) is 5.75. The summed E-state index contributed by atoms with van der Waals surface area (Å²) in [6.07, 6.45) is 0.0961. The van der Waals surface area contributed by atoms with Crippen LogP contribution in [0.1, 0.15) is 23.5 Å².